The fourth-order valence-corrected chi connectivity index (χ4v) is 1.35. The highest BCUT2D eigenvalue weighted by molar-refractivity contribution is 5.35. The van der Waals surface area contributed by atoms with Crippen molar-refractivity contribution in [1.29, 1.82) is 0 Å². The molecular formula is C11H15F2NO. The van der Waals surface area contributed by atoms with Crippen molar-refractivity contribution < 1.29 is 13.5 Å². The Morgan fingerprint density at radius 1 is 1.33 bits per heavy atom. The van der Waals surface area contributed by atoms with Gasteiger partial charge in [0.15, 0.2) is 11.6 Å². The first kappa shape index (κ1) is 11.9. The van der Waals surface area contributed by atoms with Gasteiger partial charge in [-0.05, 0) is 24.5 Å². The van der Waals surface area contributed by atoms with Gasteiger partial charge in [0.25, 0.3) is 0 Å². The normalized spacial score (nSPS) is 12.6. The molecule has 2 nitrogen and oxygen atoms in total. The molecule has 1 rings (SSSR count). The number of halogens is 2. The molecule has 0 heterocycles. The first-order valence-corrected chi connectivity index (χ1v) is 4.86. The van der Waals surface area contributed by atoms with Crippen molar-refractivity contribution in [3.05, 3.63) is 29.3 Å². The van der Waals surface area contributed by atoms with Crippen LogP contribution in [-0.4, -0.2) is 13.2 Å². The van der Waals surface area contributed by atoms with E-state index in [9.17, 15) is 8.78 Å². The molecule has 1 atom stereocenters. The number of nitrogens with two attached hydrogens (primary N) is 1. The van der Waals surface area contributed by atoms with Crippen LogP contribution in [0.1, 0.15) is 18.9 Å². The van der Waals surface area contributed by atoms with E-state index in [2.05, 4.69) is 0 Å². The molecule has 84 valence electrons. The van der Waals surface area contributed by atoms with Crippen LogP contribution in [0.15, 0.2) is 12.1 Å². The molecule has 0 aromatic heterocycles. The minimum absolute atomic E-state index is 0.0660. The third-order valence-electron chi connectivity index (χ3n) is 2.33. The van der Waals surface area contributed by atoms with Crippen LogP contribution in [0.2, 0.25) is 0 Å². The lowest BCUT2D eigenvalue weighted by Gasteiger charge is -2.12. The zero-order chi connectivity index (χ0) is 11.4. The Morgan fingerprint density at radius 2 is 1.93 bits per heavy atom. The van der Waals surface area contributed by atoms with Crippen LogP contribution < -0.4 is 10.5 Å². The third kappa shape index (κ3) is 2.89. The molecule has 1 unspecified atom stereocenters. The zero-order valence-corrected chi connectivity index (χ0v) is 8.89. The van der Waals surface area contributed by atoms with Crippen LogP contribution in [0.3, 0.4) is 0 Å². The molecule has 0 aliphatic carbocycles. The molecule has 0 aliphatic rings. The Kier molecular flexibility index (Phi) is 4.03. The highest BCUT2D eigenvalue weighted by Crippen LogP contribution is 2.23. The summed E-state index contributed by atoms with van der Waals surface area (Å²) in [6.07, 6.45) is 1.26. The molecule has 0 saturated carbocycles. The largest absolute Gasteiger partial charge is 0.496 e. The first-order valence-electron chi connectivity index (χ1n) is 4.86. The summed E-state index contributed by atoms with van der Waals surface area (Å²) in [4.78, 5) is 0. The van der Waals surface area contributed by atoms with Crippen LogP contribution in [0.5, 0.6) is 5.75 Å². The van der Waals surface area contributed by atoms with E-state index in [0.717, 1.165) is 18.6 Å². The first-order chi connectivity index (χ1) is 7.08. The van der Waals surface area contributed by atoms with E-state index in [1.54, 1.807) is 0 Å². The van der Waals surface area contributed by atoms with Crippen LogP contribution in [0, 0.1) is 11.6 Å². The molecule has 2 N–H and O–H groups in total. The molecule has 0 spiro atoms. The lowest BCUT2D eigenvalue weighted by atomic mass is 10.0. The van der Waals surface area contributed by atoms with Crippen LogP contribution in [0.4, 0.5) is 8.78 Å². The lowest BCUT2D eigenvalue weighted by Crippen LogP contribution is -2.21. The minimum Gasteiger partial charge on any atom is -0.496 e. The SMILES string of the molecule is CCC(N)Cc1cc(F)c(F)cc1OC. The van der Waals surface area contributed by atoms with Crippen molar-refractivity contribution in [2.24, 2.45) is 5.73 Å². The topological polar surface area (TPSA) is 35.2 Å². The summed E-state index contributed by atoms with van der Waals surface area (Å²) in [6.45, 7) is 1.94. The number of rotatable bonds is 4. The van der Waals surface area contributed by atoms with E-state index in [-0.39, 0.29) is 6.04 Å². The van der Waals surface area contributed by atoms with Crippen molar-refractivity contribution in [3.8, 4) is 5.75 Å². The Morgan fingerprint density at radius 3 is 2.47 bits per heavy atom. The van der Waals surface area contributed by atoms with Gasteiger partial charge in [0, 0.05) is 12.1 Å². The Hall–Kier alpha value is -1.16. The third-order valence-corrected chi connectivity index (χ3v) is 2.33. The molecule has 0 bridgehead atoms. The standard InChI is InChI=1S/C11H15F2NO/c1-3-8(14)4-7-5-9(12)10(13)6-11(7)15-2/h5-6,8H,3-4,14H2,1-2H3. The molecule has 0 saturated heterocycles. The number of hydrogen-bond acceptors (Lipinski definition) is 2. The monoisotopic (exact) mass is 215 g/mol. The number of hydrogen-bond donors (Lipinski definition) is 1. The molecule has 15 heavy (non-hydrogen) atoms. The van der Waals surface area contributed by atoms with E-state index in [1.807, 2.05) is 6.92 Å². The summed E-state index contributed by atoms with van der Waals surface area (Å²) in [5.74, 6) is -1.42. The summed E-state index contributed by atoms with van der Waals surface area (Å²) in [7, 11) is 1.42. The molecule has 4 heteroatoms. The maximum Gasteiger partial charge on any atom is 0.162 e. The van der Waals surface area contributed by atoms with E-state index in [1.165, 1.54) is 7.11 Å². The van der Waals surface area contributed by atoms with E-state index < -0.39 is 11.6 Å². The van der Waals surface area contributed by atoms with Gasteiger partial charge in [-0.1, -0.05) is 6.92 Å². The van der Waals surface area contributed by atoms with E-state index in [0.29, 0.717) is 17.7 Å². The highest BCUT2D eigenvalue weighted by atomic mass is 19.2. The second kappa shape index (κ2) is 5.07. The van der Waals surface area contributed by atoms with Gasteiger partial charge in [-0.2, -0.15) is 0 Å². The summed E-state index contributed by atoms with van der Waals surface area (Å²) in [5, 5.41) is 0. The molecule has 1 aromatic carbocycles. The summed E-state index contributed by atoms with van der Waals surface area (Å²) >= 11 is 0. The van der Waals surface area contributed by atoms with Crippen LogP contribution in [0.25, 0.3) is 0 Å². The van der Waals surface area contributed by atoms with Crippen LogP contribution in [-0.2, 0) is 6.42 Å². The van der Waals surface area contributed by atoms with Crippen molar-refractivity contribution >= 4 is 0 Å². The predicted octanol–water partition coefficient (Wildman–Crippen LogP) is 2.25. The van der Waals surface area contributed by atoms with Crippen molar-refractivity contribution in [2.75, 3.05) is 7.11 Å². The average molecular weight is 215 g/mol. The number of methoxy groups -OCH3 is 1. The predicted molar refractivity (Wildman–Crippen MR) is 54.9 cm³/mol. The zero-order valence-electron chi connectivity index (χ0n) is 8.89. The maximum atomic E-state index is 13.0. The van der Waals surface area contributed by atoms with Gasteiger partial charge in [0.1, 0.15) is 5.75 Å². The van der Waals surface area contributed by atoms with Gasteiger partial charge in [-0.25, -0.2) is 8.78 Å². The van der Waals surface area contributed by atoms with Gasteiger partial charge in [0.2, 0.25) is 0 Å². The lowest BCUT2D eigenvalue weighted by molar-refractivity contribution is 0.398. The summed E-state index contributed by atoms with van der Waals surface area (Å²) in [5.41, 5.74) is 6.35. The fourth-order valence-electron chi connectivity index (χ4n) is 1.35. The van der Waals surface area contributed by atoms with Gasteiger partial charge in [-0.15, -0.1) is 0 Å². The molecule has 0 aliphatic heterocycles. The quantitative estimate of drug-likeness (QED) is 0.836. The van der Waals surface area contributed by atoms with Gasteiger partial charge >= 0.3 is 0 Å². The fraction of sp³-hybridized carbons (Fsp3) is 0.455. The number of benzene rings is 1. The second-order valence-corrected chi connectivity index (χ2v) is 3.45. The maximum absolute atomic E-state index is 13.0. The molecule has 0 fully saturated rings. The average Bonchev–Trinajstić information content (AvgIpc) is 2.22. The van der Waals surface area contributed by atoms with Crippen molar-refractivity contribution in [1.82, 2.24) is 0 Å². The highest BCUT2D eigenvalue weighted by Gasteiger charge is 2.12. The molecule has 1 aromatic rings. The summed E-state index contributed by atoms with van der Waals surface area (Å²) in [6, 6.07) is 2.13. The van der Waals surface area contributed by atoms with E-state index in [4.69, 9.17) is 10.5 Å². The Labute approximate surface area is 88.0 Å². The van der Waals surface area contributed by atoms with Crippen LogP contribution >= 0.6 is 0 Å². The Bertz CT molecular complexity index is 342. The second-order valence-electron chi connectivity index (χ2n) is 3.45. The van der Waals surface area contributed by atoms with E-state index >= 15 is 0 Å². The van der Waals surface area contributed by atoms with Crippen molar-refractivity contribution in [2.45, 2.75) is 25.8 Å². The van der Waals surface area contributed by atoms with Crippen molar-refractivity contribution in [3.63, 3.8) is 0 Å². The molecular weight excluding hydrogens is 200 g/mol. The van der Waals surface area contributed by atoms with Gasteiger partial charge < -0.3 is 10.5 Å². The smallest absolute Gasteiger partial charge is 0.162 e. The van der Waals surface area contributed by atoms with Gasteiger partial charge in [-0.3, -0.25) is 0 Å². The molecule has 0 radical (unpaired) electrons. The Balaban J connectivity index is 2.99. The minimum atomic E-state index is -0.902. The summed E-state index contributed by atoms with van der Waals surface area (Å²) < 4.78 is 30.8. The number of ether oxygens (including phenoxy) is 1. The van der Waals surface area contributed by atoms with Gasteiger partial charge in [0.05, 0.1) is 7.11 Å². The molecule has 0 amide bonds.